The smallest absolute Gasteiger partial charge is 0.309 e. The lowest BCUT2D eigenvalue weighted by atomic mass is 10.2. The van der Waals surface area contributed by atoms with Crippen molar-refractivity contribution in [1.82, 2.24) is 4.98 Å². The first-order valence-corrected chi connectivity index (χ1v) is 14.3. The Morgan fingerprint density at radius 1 is 1.24 bits per heavy atom. The molecule has 0 rings (SSSR count). The third-order valence-electron chi connectivity index (χ3n) is 1.91. The number of hydrogen-bond donors (Lipinski definition) is 1. The van der Waals surface area contributed by atoms with Crippen molar-refractivity contribution >= 4 is 34.3 Å². The van der Waals surface area contributed by atoms with Crippen LogP contribution in [0.25, 0.3) is 0 Å². The van der Waals surface area contributed by atoms with Gasteiger partial charge in [-0.05, 0) is 38.1 Å². The third kappa shape index (κ3) is 9.87. The Morgan fingerprint density at radius 3 is 2.12 bits per heavy atom. The maximum absolute atomic E-state index is 12.1. The minimum absolute atomic E-state index is 0.0550. The normalized spacial score (nSPS) is 14.5. The van der Waals surface area contributed by atoms with Gasteiger partial charge in [0.05, 0.1) is 6.04 Å². The SMILES string of the molecule is CSCC[C@H](N[Si](C)(C)C)C(=O)O[Si](C)(C)C. The van der Waals surface area contributed by atoms with Crippen LogP contribution in [0.15, 0.2) is 0 Å². The second-order valence-corrected chi connectivity index (χ2v) is 16.5. The predicted octanol–water partition coefficient (Wildman–Crippen LogP) is 2.91. The number of rotatable bonds is 7. The molecule has 1 atom stereocenters. The van der Waals surface area contributed by atoms with Crippen molar-refractivity contribution in [2.75, 3.05) is 12.0 Å². The van der Waals surface area contributed by atoms with Crippen molar-refractivity contribution in [2.45, 2.75) is 51.7 Å². The fraction of sp³-hybridized carbons (Fsp3) is 0.909. The molecule has 0 unspecified atom stereocenters. The van der Waals surface area contributed by atoms with Gasteiger partial charge in [0.15, 0.2) is 0 Å². The molecule has 1 N–H and O–H groups in total. The molecule has 0 aliphatic carbocycles. The van der Waals surface area contributed by atoms with Gasteiger partial charge in [-0.2, -0.15) is 11.8 Å². The Balaban J connectivity index is 4.51. The molecule has 0 aromatic heterocycles. The van der Waals surface area contributed by atoms with Crippen molar-refractivity contribution in [3.63, 3.8) is 0 Å². The molecule has 17 heavy (non-hydrogen) atoms. The largest absolute Gasteiger partial charge is 0.519 e. The average molecular weight is 294 g/mol. The molecule has 0 amide bonds. The van der Waals surface area contributed by atoms with Crippen LogP contribution in [0.5, 0.6) is 0 Å². The highest BCUT2D eigenvalue weighted by molar-refractivity contribution is 7.98. The fourth-order valence-corrected chi connectivity index (χ4v) is 3.91. The van der Waals surface area contributed by atoms with E-state index in [0.29, 0.717) is 0 Å². The fourth-order valence-electron chi connectivity index (χ4n) is 1.38. The highest BCUT2D eigenvalue weighted by atomic mass is 32.2. The molecule has 0 heterocycles. The van der Waals surface area contributed by atoms with Gasteiger partial charge in [0.25, 0.3) is 0 Å². The summed E-state index contributed by atoms with van der Waals surface area (Å²) in [6, 6.07) is -0.124. The van der Waals surface area contributed by atoms with E-state index in [1.54, 1.807) is 11.8 Å². The van der Waals surface area contributed by atoms with Crippen LogP contribution < -0.4 is 4.98 Å². The molecule has 0 spiro atoms. The highest BCUT2D eigenvalue weighted by Crippen LogP contribution is 2.11. The average Bonchev–Trinajstić information content (AvgIpc) is 2.07. The van der Waals surface area contributed by atoms with E-state index in [-0.39, 0.29) is 12.0 Å². The summed E-state index contributed by atoms with van der Waals surface area (Å²) in [5, 5.41) is 0. The van der Waals surface area contributed by atoms with Crippen molar-refractivity contribution in [1.29, 1.82) is 0 Å². The van der Waals surface area contributed by atoms with Crippen LogP contribution in [0.2, 0.25) is 39.3 Å². The van der Waals surface area contributed by atoms with Gasteiger partial charge in [-0.15, -0.1) is 0 Å². The Kier molecular flexibility index (Phi) is 7.05. The topological polar surface area (TPSA) is 38.3 Å². The van der Waals surface area contributed by atoms with Crippen LogP contribution >= 0.6 is 11.8 Å². The summed E-state index contributed by atoms with van der Waals surface area (Å²) in [6.45, 7) is 12.8. The van der Waals surface area contributed by atoms with Crippen LogP contribution in [-0.4, -0.2) is 40.6 Å². The molecule has 0 aromatic carbocycles. The molecule has 0 bridgehead atoms. The van der Waals surface area contributed by atoms with E-state index in [2.05, 4.69) is 30.9 Å². The van der Waals surface area contributed by atoms with Crippen LogP contribution in [0.4, 0.5) is 0 Å². The minimum atomic E-state index is -1.78. The van der Waals surface area contributed by atoms with E-state index in [4.69, 9.17) is 4.43 Å². The van der Waals surface area contributed by atoms with Crippen molar-refractivity contribution in [3.8, 4) is 0 Å². The quantitative estimate of drug-likeness (QED) is 0.733. The van der Waals surface area contributed by atoms with Gasteiger partial charge in [0.1, 0.15) is 8.24 Å². The van der Waals surface area contributed by atoms with Gasteiger partial charge in [0, 0.05) is 0 Å². The molecule has 0 saturated heterocycles. The number of nitrogens with one attached hydrogen (secondary N) is 1. The summed E-state index contributed by atoms with van der Waals surface area (Å²) in [4.78, 5) is 15.6. The summed E-state index contributed by atoms with van der Waals surface area (Å²) < 4.78 is 5.59. The minimum Gasteiger partial charge on any atom is -0.519 e. The van der Waals surface area contributed by atoms with E-state index in [1.807, 2.05) is 19.6 Å². The Bertz CT molecular complexity index is 249. The molecule has 0 aliphatic heterocycles. The van der Waals surface area contributed by atoms with Crippen LogP contribution in [-0.2, 0) is 9.22 Å². The molecule has 3 nitrogen and oxygen atoms in total. The summed E-state index contributed by atoms with van der Waals surface area (Å²) >= 11 is 1.77. The van der Waals surface area contributed by atoms with Crippen molar-refractivity contribution < 1.29 is 9.22 Å². The van der Waals surface area contributed by atoms with E-state index in [1.165, 1.54) is 0 Å². The molecule has 0 aliphatic rings. The second kappa shape index (κ2) is 6.96. The molecular formula is C11H27NO2SSi2. The second-order valence-electron chi connectivity index (χ2n) is 6.26. The first-order chi connectivity index (χ1) is 7.55. The van der Waals surface area contributed by atoms with E-state index < -0.39 is 16.6 Å². The Hall–Kier alpha value is 0.214. The lowest BCUT2D eigenvalue weighted by Gasteiger charge is -2.28. The molecular weight excluding hydrogens is 266 g/mol. The zero-order valence-electron chi connectivity index (χ0n) is 12.2. The Labute approximate surface area is 112 Å². The van der Waals surface area contributed by atoms with Crippen molar-refractivity contribution in [2.24, 2.45) is 0 Å². The molecule has 102 valence electrons. The molecule has 0 saturated carbocycles. The van der Waals surface area contributed by atoms with Gasteiger partial charge in [-0.1, -0.05) is 19.6 Å². The predicted molar refractivity (Wildman–Crippen MR) is 82.7 cm³/mol. The van der Waals surface area contributed by atoms with Gasteiger partial charge in [-0.25, -0.2) is 0 Å². The van der Waals surface area contributed by atoms with Gasteiger partial charge >= 0.3 is 5.97 Å². The third-order valence-corrected chi connectivity index (χ3v) is 4.58. The summed E-state index contributed by atoms with van der Waals surface area (Å²) in [5.74, 6) is 0.934. The zero-order chi connectivity index (χ0) is 13.7. The number of carbonyl (C=O) groups is 1. The van der Waals surface area contributed by atoms with Gasteiger partial charge < -0.3 is 9.41 Å². The van der Waals surface area contributed by atoms with Crippen LogP contribution in [0.3, 0.4) is 0 Å². The van der Waals surface area contributed by atoms with Gasteiger partial charge in [-0.3, -0.25) is 4.79 Å². The molecule has 0 fully saturated rings. The first kappa shape index (κ1) is 17.2. The van der Waals surface area contributed by atoms with Gasteiger partial charge in [0.2, 0.25) is 8.32 Å². The lowest BCUT2D eigenvalue weighted by Crippen LogP contribution is -2.53. The zero-order valence-corrected chi connectivity index (χ0v) is 15.0. The molecule has 6 heteroatoms. The summed E-state index contributed by atoms with van der Waals surface area (Å²) in [7, 11) is -3.23. The number of thioether (sulfide) groups is 1. The monoisotopic (exact) mass is 293 g/mol. The van der Waals surface area contributed by atoms with E-state index in [9.17, 15) is 4.79 Å². The number of carbonyl (C=O) groups excluding carboxylic acids is 1. The standard InChI is InChI=1S/C11H27NO2SSi2/c1-15-9-8-10(12-16(2,3)4)11(13)14-17(5,6)7/h10,12H,8-9H2,1-7H3/t10-/m0/s1. The Morgan fingerprint density at radius 2 is 1.76 bits per heavy atom. The maximum atomic E-state index is 12.1. The van der Waals surface area contributed by atoms with Crippen molar-refractivity contribution in [3.05, 3.63) is 0 Å². The van der Waals surface area contributed by atoms with Crippen LogP contribution in [0, 0.1) is 0 Å². The van der Waals surface area contributed by atoms with Crippen LogP contribution in [0.1, 0.15) is 6.42 Å². The van der Waals surface area contributed by atoms with E-state index >= 15 is 0 Å². The summed E-state index contributed by atoms with van der Waals surface area (Å²) in [5.41, 5.74) is 0. The van der Waals surface area contributed by atoms with E-state index in [0.717, 1.165) is 12.2 Å². The first-order valence-electron chi connectivity index (χ1n) is 6.04. The maximum Gasteiger partial charge on any atom is 0.309 e. The lowest BCUT2D eigenvalue weighted by molar-refractivity contribution is -0.137. The summed E-state index contributed by atoms with van der Waals surface area (Å²) in [6.07, 6.45) is 2.92. The molecule has 0 aromatic rings. The highest BCUT2D eigenvalue weighted by Gasteiger charge is 2.29. The molecule has 0 radical (unpaired) electrons. The number of hydrogen-bond acceptors (Lipinski definition) is 4.